The first-order valence-electron chi connectivity index (χ1n) is 6.13. The van der Waals surface area contributed by atoms with Gasteiger partial charge < -0.3 is 9.73 Å². The summed E-state index contributed by atoms with van der Waals surface area (Å²) < 4.78 is 6.52. The zero-order valence-corrected chi connectivity index (χ0v) is 12.9. The second-order valence-corrected chi connectivity index (χ2v) is 6.20. The highest BCUT2D eigenvalue weighted by atomic mass is 79.9. The van der Waals surface area contributed by atoms with Gasteiger partial charge >= 0.3 is 0 Å². The molecule has 4 heteroatoms. The van der Waals surface area contributed by atoms with Gasteiger partial charge in [0.2, 0.25) is 0 Å². The third kappa shape index (κ3) is 3.28. The van der Waals surface area contributed by atoms with Crippen LogP contribution in [0, 0.1) is 5.92 Å². The molecule has 1 heterocycles. The molecule has 2 aromatic rings. The summed E-state index contributed by atoms with van der Waals surface area (Å²) in [6, 6.07) is 3.91. The van der Waals surface area contributed by atoms with Crippen LogP contribution in [0.1, 0.15) is 19.4 Å². The molecular formula is C14H17BrClNO. The van der Waals surface area contributed by atoms with Gasteiger partial charge in [-0.3, -0.25) is 0 Å². The standard InChI is InChI=1S/C14H17BrClNO/c1-9(2)7-17-4-3-10-8-18-14-12(10)5-11(15)6-13(14)16/h5-6,8-9,17H,3-4,7H2,1-2H3. The molecule has 0 atom stereocenters. The van der Waals surface area contributed by atoms with E-state index in [0.29, 0.717) is 10.9 Å². The van der Waals surface area contributed by atoms with Gasteiger partial charge in [0.25, 0.3) is 0 Å². The van der Waals surface area contributed by atoms with Crippen LogP contribution in [0.3, 0.4) is 0 Å². The van der Waals surface area contributed by atoms with E-state index in [9.17, 15) is 0 Å². The maximum Gasteiger partial charge on any atom is 0.152 e. The molecule has 0 saturated carbocycles. The normalized spacial score (nSPS) is 11.6. The first kappa shape index (κ1) is 13.9. The van der Waals surface area contributed by atoms with Crippen LogP contribution >= 0.6 is 27.5 Å². The molecule has 0 spiro atoms. The fourth-order valence-corrected chi connectivity index (χ4v) is 2.77. The van der Waals surface area contributed by atoms with E-state index in [-0.39, 0.29) is 0 Å². The van der Waals surface area contributed by atoms with Crippen molar-refractivity contribution in [3.63, 3.8) is 0 Å². The van der Waals surface area contributed by atoms with Crippen molar-refractivity contribution in [1.29, 1.82) is 0 Å². The van der Waals surface area contributed by atoms with E-state index in [1.54, 1.807) is 6.26 Å². The smallest absolute Gasteiger partial charge is 0.152 e. The highest BCUT2D eigenvalue weighted by Crippen LogP contribution is 2.31. The zero-order chi connectivity index (χ0) is 13.1. The number of furan rings is 1. The minimum atomic E-state index is 0.653. The Morgan fingerprint density at radius 1 is 1.39 bits per heavy atom. The predicted molar refractivity (Wildman–Crippen MR) is 80.3 cm³/mol. The van der Waals surface area contributed by atoms with E-state index in [1.807, 2.05) is 6.07 Å². The first-order valence-corrected chi connectivity index (χ1v) is 7.31. The quantitative estimate of drug-likeness (QED) is 0.808. The van der Waals surface area contributed by atoms with Crippen molar-refractivity contribution in [1.82, 2.24) is 5.32 Å². The maximum absolute atomic E-state index is 6.14. The molecule has 1 N–H and O–H groups in total. The van der Waals surface area contributed by atoms with E-state index in [4.69, 9.17) is 16.0 Å². The molecule has 1 aromatic heterocycles. The largest absolute Gasteiger partial charge is 0.462 e. The van der Waals surface area contributed by atoms with Gasteiger partial charge in [-0.15, -0.1) is 0 Å². The average Bonchev–Trinajstić information content (AvgIpc) is 2.67. The van der Waals surface area contributed by atoms with E-state index >= 15 is 0 Å². The molecule has 0 aliphatic heterocycles. The molecule has 0 aliphatic carbocycles. The van der Waals surface area contributed by atoms with Crippen LogP contribution in [-0.4, -0.2) is 13.1 Å². The molecule has 0 fully saturated rings. The number of fused-ring (bicyclic) bond motifs is 1. The lowest BCUT2D eigenvalue weighted by Gasteiger charge is -2.06. The molecule has 1 aromatic carbocycles. The van der Waals surface area contributed by atoms with Crippen LogP contribution in [0.5, 0.6) is 0 Å². The van der Waals surface area contributed by atoms with Crippen molar-refractivity contribution in [2.45, 2.75) is 20.3 Å². The van der Waals surface area contributed by atoms with Crippen LogP contribution in [-0.2, 0) is 6.42 Å². The molecule has 98 valence electrons. The Hall–Kier alpha value is -0.510. The van der Waals surface area contributed by atoms with Crippen molar-refractivity contribution in [2.75, 3.05) is 13.1 Å². The Morgan fingerprint density at radius 3 is 2.89 bits per heavy atom. The molecule has 0 aliphatic rings. The molecule has 18 heavy (non-hydrogen) atoms. The summed E-state index contributed by atoms with van der Waals surface area (Å²) in [5, 5.41) is 5.18. The van der Waals surface area contributed by atoms with E-state index in [0.717, 1.165) is 35.0 Å². The number of hydrogen-bond acceptors (Lipinski definition) is 2. The second-order valence-electron chi connectivity index (χ2n) is 4.87. The Labute approximate surface area is 121 Å². The SMILES string of the molecule is CC(C)CNCCc1coc2c(Cl)cc(Br)cc12. The van der Waals surface area contributed by atoms with Crippen LogP contribution in [0.25, 0.3) is 11.0 Å². The number of benzene rings is 1. The van der Waals surface area contributed by atoms with Crippen molar-refractivity contribution in [3.8, 4) is 0 Å². The van der Waals surface area contributed by atoms with Gasteiger partial charge in [0.1, 0.15) is 0 Å². The highest BCUT2D eigenvalue weighted by Gasteiger charge is 2.10. The minimum Gasteiger partial charge on any atom is -0.462 e. The van der Waals surface area contributed by atoms with E-state index in [2.05, 4.69) is 41.2 Å². The fraction of sp³-hybridized carbons (Fsp3) is 0.429. The summed E-state index contributed by atoms with van der Waals surface area (Å²) in [5.41, 5.74) is 1.98. The summed E-state index contributed by atoms with van der Waals surface area (Å²) in [7, 11) is 0. The van der Waals surface area contributed by atoms with Gasteiger partial charge in [-0.2, -0.15) is 0 Å². The lowest BCUT2D eigenvalue weighted by atomic mass is 10.1. The van der Waals surface area contributed by atoms with Gasteiger partial charge in [-0.25, -0.2) is 0 Å². The Morgan fingerprint density at radius 2 is 2.17 bits per heavy atom. The third-order valence-corrected chi connectivity index (χ3v) is 3.54. The van der Waals surface area contributed by atoms with Crippen molar-refractivity contribution in [3.05, 3.63) is 33.5 Å². The molecule has 0 radical (unpaired) electrons. The highest BCUT2D eigenvalue weighted by molar-refractivity contribution is 9.10. The zero-order valence-electron chi connectivity index (χ0n) is 10.6. The fourth-order valence-electron chi connectivity index (χ4n) is 1.92. The minimum absolute atomic E-state index is 0.653. The number of halogens is 2. The van der Waals surface area contributed by atoms with Crippen LogP contribution < -0.4 is 5.32 Å². The van der Waals surface area contributed by atoms with Crippen LogP contribution in [0.4, 0.5) is 0 Å². The maximum atomic E-state index is 6.14. The average molecular weight is 331 g/mol. The van der Waals surface area contributed by atoms with Gasteiger partial charge in [-0.1, -0.05) is 41.4 Å². The van der Waals surface area contributed by atoms with Crippen molar-refractivity contribution in [2.24, 2.45) is 5.92 Å². The number of nitrogens with one attached hydrogen (secondary N) is 1. The van der Waals surface area contributed by atoms with Crippen molar-refractivity contribution >= 4 is 38.5 Å². The first-order chi connectivity index (χ1) is 8.58. The Kier molecular flexibility index (Phi) is 4.71. The lowest BCUT2D eigenvalue weighted by Crippen LogP contribution is -2.21. The van der Waals surface area contributed by atoms with Gasteiger partial charge in [0, 0.05) is 9.86 Å². The summed E-state index contributed by atoms with van der Waals surface area (Å²) in [6.07, 6.45) is 2.76. The monoisotopic (exact) mass is 329 g/mol. The van der Waals surface area contributed by atoms with Crippen LogP contribution in [0.2, 0.25) is 5.02 Å². The molecule has 2 rings (SSSR count). The van der Waals surface area contributed by atoms with E-state index in [1.165, 1.54) is 5.56 Å². The lowest BCUT2D eigenvalue weighted by molar-refractivity contribution is 0.552. The summed E-state index contributed by atoms with van der Waals surface area (Å²) in [6.45, 7) is 6.41. The van der Waals surface area contributed by atoms with Crippen LogP contribution in [0.15, 0.2) is 27.3 Å². The summed E-state index contributed by atoms with van der Waals surface area (Å²) in [4.78, 5) is 0. The van der Waals surface area contributed by atoms with E-state index < -0.39 is 0 Å². The second kappa shape index (κ2) is 6.09. The molecule has 0 saturated heterocycles. The van der Waals surface area contributed by atoms with Gasteiger partial charge in [0.15, 0.2) is 5.58 Å². The molecule has 0 bridgehead atoms. The number of rotatable bonds is 5. The summed E-state index contributed by atoms with van der Waals surface area (Å²) in [5.74, 6) is 0.676. The Bertz CT molecular complexity index is 536. The predicted octanol–water partition coefficient (Wildman–Crippen LogP) is 4.64. The molecule has 2 nitrogen and oxygen atoms in total. The van der Waals surface area contributed by atoms with Gasteiger partial charge in [0.05, 0.1) is 11.3 Å². The third-order valence-electron chi connectivity index (χ3n) is 2.80. The van der Waals surface area contributed by atoms with Crippen molar-refractivity contribution < 1.29 is 4.42 Å². The topological polar surface area (TPSA) is 25.2 Å². The van der Waals surface area contributed by atoms with Gasteiger partial charge in [-0.05, 0) is 43.1 Å². The number of hydrogen-bond donors (Lipinski definition) is 1. The Balaban J connectivity index is 2.09. The molecule has 0 amide bonds. The summed E-state index contributed by atoms with van der Waals surface area (Å²) >= 11 is 9.60. The molecule has 0 unspecified atom stereocenters. The molecular weight excluding hydrogens is 314 g/mol.